The lowest BCUT2D eigenvalue weighted by atomic mass is 9.82. The van der Waals surface area contributed by atoms with Crippen molar-refractivity contribution in [3.05, 3.63) is 71.8 Å². The molecule has 1 aliphatic rings. The molecule has 2 heteroatoms. The lowest BCUT2D eigenvalue weighted by molar-refractivity contribution is 0.307. The summed E-state index contributed by atoms with van der Waals surface area (Å²) in [5.41, 5.74) is 3.97. The van der Waals surface area contributed by atoms with Gasteiger partial charge < -0.3 is 10.1 Å². The van der Waals surface area contributed by atoms with Gasteiger partial charge in [0.25, 0.3) is 0 Å². The Morgan fingerprint density at radius 3 is 2.72 bits per heavy atom. The quantitative estimate of drug-likeness (QED) is 0.624. The van der Waals surface area contributed by atoms with Gasteiger partial charge in [-0.05, 0) is 66.3 Å². The van der Waals surface area contributed by atoms with Gasteiger partial charge in [-0.3, -0.25) is 0 Å². The molecule has 0 spiro atoms. The summed E-state index contributed by atoms with van der Waals surface area (Å²) in [6, 6.07) is 21.3. The molecule has 25 heavy (non-hydrogen) atoms. The number of anilines is 1. The molecule has 1 atom stereocenters. The van der Waals surface area contributed by atoms with Crippen molar-refractivity contribution in [1.82, 2.24) is 0 Å². The van der Waals surface area contributed by atoms with Crippen LogP contribution >= 0.6 is 0 Å². The lowest BCUT2D eigenvalue weighted by Crippen LogP contribution is -2.36. The van der Waals surface area contributed by atoms with E-state index in [4.69, 9.17) is 4.74 Å². The first-order valence-corrected chi connectivity index (χ1v) is 9.03. The Morgan fingerprint density at radius 1 is 1.04 bits per heavy atom. The van der Waals surface area contributed by atoms with Crippen molar-refractivity contribution < 1.29 is 4.74 Å². The summed E-state index contributed by atoms with van der Waals surface area (Å²) in [4.78, 5) is 0. The Bertz CT molecular complexity index is 908. The van der Waals surface area contributed by atoms with E-state index in [1.54, 1.807) is 0 Å². The van der Waals surface area contributed by atoms with Crippen molar-refractivity contribution in [3.63, 3.8) is 0 Å². The Labute approximate surface area is 149 Å². The van der Waals surface area contributed by atoms with Gasteiger partial charge >= 0.3 is 0 Å². The van der Waals surface area contributed by atoms with E-state index in [-0.39, 0.29) is 5.54 Å². The zero-order valence-corrected chi connectivity index (χ0v) is 15.2. The fraction of sp³-hybridized carbons (Fsp3) is 0.304. The zero-order valence-electron chi connectivity index (χ0n) is 15.2. The van der Waals surface area contributed by atoms with Gasteiger partial charge in [-0.1, -0.05) is 49.4 Å². The van der Waals surface area contributed by atoms with Gasteiger partial charge in [0.2, 0.25) is 0 Å². The van der Waals surface area contributed by atoms with E-state index in [9.17, 15) is 0 Å². The van der Waals surface area contributed by atoms with Crippen LogP contribution in [0, 0.1) is 0 Å². The van der Waals surface area contributed by atoms with Crippen molar-refractivity contribution in [2.24, 2.45) is 0 Å². The molecule has 2 nitrogen and oxygen atoms in total. The zero-order chi connectivity index (χ0) is 17.4. The number of hydrogen-bond donors (Lipinski definition) is 1. The van der Waals surface area contributed by atoms with Gasteiger partial charge in [0.05, 0.1) is 0 Å². The third-order valence-corrected chi connectivity index (χ3v) is 5.12. The Kier molecular flexibility index (Phi) is 3.91. The SMILES string of the molecule is C[C@H]1CC(C)(C)Nc2ccc(OCc3cccc4ccccc34)cc21. The Morgan fingerprint density at radius 2 is 1.84 bits per heavy atom. The van der Waals surface area contributed by atoms with E-state index >= 15 is 0 Å². The highest BCUT2D eigenvalue weighted by atomic mass is 16.5. The van der Waals surface area contributed by atoms with Crippen LogP contribution in [0.2, 0.25) is 0 Å². The second kappa shape index (κ2) is 6.11. The van der Waals surface area contributed by atoms with Gasteiger partial charge in [0, 0.05) is 11.2 Å². The van der Waals surface area contributed by atoms with Crippen LogP contribution in [0.4, 0.5) is 5.69 Å². The van der Waals surface area contributed by atoms with E-state index in [2.05, 4.69) is 86.8 Å². The normalized spacial score (nSPS) is 18.4. The maximum atomic E-state index is 6.14. The first-order valence-electron chi connectivity index (χ1n) is 9.03. The number of ether oxygens (including phenoxy) is 1. The van der Waals surface area contributed by atoms with E-state index in [0.717, 1.165) is 12.2 Å². The molecule has 1 N–H and O–H groups in total. The molecule has 3 aromatic carbocycles. The topological polar surface area (TPSA) is 21.3 Å². The number of hydrogen-bond acceptors (Lipinski definition) is 2. The van der Waals surface area contributed by atoms with Gasteiger partial charge in [-0.2, -0.15) is 0 Å². The highest BCUT2D eigenvalue weighted by molar-refractivity contribution is 5.85. The van der Waals surface area contributed by atoms with Crippen LogP contribution in [0.15, 0.2) is 60.7 Å². The molecule has 1 aliphatic heterocycles. The predicted octanol–water partition coefficient (Wildman–Crippen LogP) is 6.12. The fourth-order valence-corrected chi connectivity index (χ4v) is 4.02. The molecular weight excluding hydrogens is 306 g/mol. The summed E-state index contributed by atoms with van der Waals surface area (Å²) in [5, 5.41) is 6.16. The van der Waals surface area contributed by atoms with Crippen LogP contribution in [0.25, 0.3) is 10.8 Å². The maximum absolute atomic E-state index is 6.14. The number of rotatable bonds is 3. The van der Waals surface area contributed by atoms with E-state index in [1.807, 2.05) is 0 Å². The van der Waals surface area contributed by atoms with Gasteiger partial charge in [-0.15, -0.1) is 0 Å². The molecule has 0 radical (unpaired) electrons. The standard InChI is InChI=1S/C23H25NO/c1-16-14-23(2,3)24-22-12-11-19(13-21(16)22)25-15-18-9-6-8-17-7-4-5-10-20(17)18/h4-13,16,24H,14-15H2,1-3H3/t16-/m0/s1. The van der Waals surface area contributed by atoms with E-state index in [1.165, 1.54) is 27.6 Å². The van der Waals surface area contributed by atoms with Gasteiger partial charge in [-0.25, -0.2) is 0 Å². The number of fused-ring (bicyclic) bond motifs is 2. The third-order valence-electron chi connectivity index (χ3n) is 5.12. The molecule has 0 aromatic heterocycles. The van der Waals surface area contributed by atoms with Crippen molar-refractivity contribution in [2.75, 3.05) is 5.32 Å². The van der Waals surface area contributed by atoms with E-state index in [0.29, 0.717) is 12.5 Å². The summed E-state index contributed by atoms with van der Waals surface area (Å²) >= 11 is 0. The average Bonchev–Trinajstić information content (AvgIpc) is 2.59. The van der Waals surface area contributed by atoms with Crippen molar-refractivity contribution >= 4 is 16.5 Å². The van der Waals surface area contributed by atoms with Crippen molar-refractivity contribution in [3.8, 4) is 5.75 Å². The minimum atomic E-state index is 0.151. The first-order chi connectivity index (χ1) is 12.0. The number of benzene rings is 3. The highest BCUT2D eigenvalue weighted by Gasteiger charge is 2.29. The molecule has 3 aromatic rings. The molecule has 0 aliphatic carbocycles. The van der Waals surface area contributed by atoms with Crippen LogP contribution in [-0.4, -0.2) is 5.54 Å². The fourth-order valence-electron chi connectivity index (χ4n) is 4.02. The molecular formula is C23H25NO. The molecule has 0 saturated carbocycles. The molecule has 4 rings (SSSR count). The smallest absolute Gasteiger partial charge is 0.120 e. The predicted molar refractivity (Wildman–Crippen MR) is 105 cm³/mol. The highest BCUT2D eigenvalue weighted by Crippen LogP contribution is 2.40. The average molecular weight is 331 g/mol. The minimum Gasteiger partial charge on any atom is -0.489 e. The van der Waals surface area contributed by atoms with Crippen LogP contribution in [0.3, 0.4) is 0 Å². The summed E-state index contributed by atoms with van der Waals surface area (Å²) in [6.07, 6.45) is 1.13. The third kappa shape index (κ3) is 3.21. The van der Waals surface area contributed by atoms with Crippen molar-refractivity contribution in [2.45, 2.75) is 45.3 Å². The molecule has 1 heterocycles. The molecule has 0 saturated heterocycles. The summed E-state index contributed by atoms with van der Waals surface area (Å²) < 4.78 is 6.14. The van der Waals surface area contributed by atoms with Crippen LogP contribution in [0.5, 0.6) is 5.75 Å². The molecule has 0 amide bonds. The summed E-state index contributed by atoms with van der Waals surface area (Å²) in [5.74, 6) is 1.48. The minimum absolute atomic E-state index is 0.151. The Balaban J connectivity index is 1.57. The maximum Gasteiger partial charge on any atom is 0.120 e. The van der Waals surface area contributed by atoms with Gasteiger partial charge in [0.1, 0.15) is 12.4 Å². The molecule has 128 valence electrons. The van der Waals surface area contributed by atoms with E-state index < -0.39 is 0 Å². The summed E-state index contributed by atoms with van der Waals surface area (Å²) in [7, 11) is 0. The molecule has 0 bridgehead atoms. The van der Waals surface area contributed by atoms with Crippen LogP contribution in [-0.2, 0) is 6.61 Å². The van der Waals surface area contributed by atoms with Crippen LogP contribution < -0.4 is 10.1 Å². The largest absolute Gasteiger partial charge is 0.489 e. The second-order valence-electron chi connectivity index (χ2n) is 7.79. The Hall–Kier alpha value is -2.48. The molecule has 0 fully saturated rings. The summed E-state index contributed by atoms with van der Waals surface area (Å²) in [6.45, 7) is 7.41. The van der Waals surface area contributed by atoms with Gasteiger partial charge in [0.15, 0.2) is 0 Å². The van der Waals surface area contributed by atoms with Crippen LogP contribution in [0.1, 0.15) is 44.2 Å². The van der Waals surface area contributed by atoms with Crippen molar-refractivity contribution in [1.29, 1.82) is 0 Å². The first kappa shape index (κ1) is 16.0. The monoisotopic (exact) mass is 331 g/mol. The molecule has 0 unspecified atom stereocenters. The second-order valence-corrected chi connectivity index (χ2v) is 7.79. The lowest BCUT2D eigenvalue weighted by Gasteiger charge is -2.37. The number of nitrogens with one attached hydrogen (secondary N) is 1.